The van der Waals surface area contributed by atoms with Gasteiger partial charge in [0.15, 0.2) is 6.10 Å². The van der Waals surface area contributed by atoms with Crippen LogP contribution in [0.5, 0.6) is 0 Å². The van der Waals surface area contributed by atoms with Gasteiger partial charge in [0.2, 0.25) is 0 Å². The minimum atomic E-state index is -0.523. The summed E-state index contributed by atoms with van der Waals surface area (Å²) in [5.74, 6) is -0.366. The fourth-order valence-electron chi connectivity index (χ4n) is 9.04. The zero-order chi connectivity index (χ0) is 45.6. The fraction of sp³-hybridized carbons (Fsp3) is 0.966. The van der Waals surface area contributed by atoms with E-state index in [2.05, 4.69) is 20.8 Å². The normalized spacial score (nSPS) is 12.0. The summed E-state index contributed by atoms with van der Waals surface area (Å²) in [7, 11) is 0. The second-order valence-corrected chi connectivity index (χ2v) is 19.9. The highest BCUT2D eigenvalue weighted by Crippen LogP contribution is 2.18. The van der Waals surface area contributed by atoms with Crippen LogP contribution in [0.2, 0.25) is 0 Å². The van der Waals surface area contributed by atoms with Crippen LogP contribution in [0.1, 0.15) is 335 Å². The van der Waals surface area contributed by atoms with Crippen molar-refractivity contribution in [1.29, 1.82) is 0 Å². The van der Waals surface area contributed by atoms with Gasteiger partial charge in [-0.2, -0.15) is 0 Å². The Labute approximate surface area is 395 Å². The van der Waals surface area contributed by atoms with Gasteiger partial charge < -0.3 is 14.2 Å². The van der Waals surface area contributed by atoms with Crippen molar-refractivity contribution in [3.63, 3.8) is 0 Å². The number of rotatable bonds is 55. The van der Waals surface area contributed by atoms with E-state index in [0.717, 1.165) is 32.1 Å². The van der Waals surface area contributed by atoms with Gasteiger partial charge in [-0.25, -0.2) is 0 Å². The first-order chi connectivity index (χ1) is 31.1. The van der Waals surface area contributed by atoms with Crippen LogP contribution in [0.3, 0.4) is 0 Å². The van der Waals surface area contributed by atoms with Gasteiger partial charge in [0.05, 0.1) is 6.61 Å². The molecule has 0 bridgehead atoms. The first kappa shape index (κ1) is 61.9. The summed E-state index contributed by atoms with van der Waals surface area (Å²) in [6.07, 6.45) is 62.7. The molecule has 0 heterocycles. The molecule has 0 fully saturated rings. The Morgan fingerprint density at radius 2 is 0.524 bits per heavy atom. The second kappa shape index (κ2) is 55.2. The number of unbranched alkanes of at least 4 members (excludes halogenated alkanes) is 44. The third-order valence-electron chi connectivity index (χ3n) is 13.4. The molecule has 0 aliphatic heterocycles. The van der Waals surface area contributed by atoms with Crippen LogP contribution in [0.25, 0.3) is 0 Å². The van der Waals surface area contributed by atoms with Crippen molar-refractivity contribution in [2.75, 3.05) is 19.8 Å². The maximum atomic E-state index is 12.8. The Morgan fingerprint density at radius 1 is 0.286 bits per heavy atom. The number of carbonyl (C=O) groups is 2. The van der Waals surface area contributed by atoms with Crippen molar-refractivity contribution >= 4 is 11.9 Å². The smallest absolute Gasteiger partial charge is 0.306 e. The van der Waals surface area contributed by atoms with Gasteiger partial charge in [-0.05, 0) is 19.3 Å². The zero-order valence-electron chi connectivity index (χ0n) is 43.4. The molecule has 1 atom stereocenters. The average Bonchev–Trinajstić information content (AvgIpc) is 3.28. The quantitative estimate of drug-likeness (QED) is 0.0450. The molecule has 5 nitrogen and oxygen atoms in total. The van der Waals surface area contributed by atoms with E-state index in [9.17, 15) is 9.59 Å². The van der Waals surface area contributed by atoms with Crippen LogP contribution in [0, 0.1) is 0 Å². The van der Waals surface area contributed by atoms with Gasteiger partial charge in [0.25, 0.3) is 0 Å². The van der Waals surface area contributed by atoms with E-state index < -0.39 is 6.10 Å². The van der Waals surface area contributed by atoms with Gasteiger partial charge in [0.1, 0.15) is 6.61 Å². The molecule has 0 saturated heterocycles. The summed E-state index contributed by atoms with van der Waals surface area (Å²) >= 11 is 0. The van der Waals surface area contributed by atoms with E-state index in [4.69, 9.17) is 14.2 Å². The van der Waals surface area contributed by atoms with Crippen LogP contribution < -0.4 is 0 Å². The Balaban J connectivity index is 4.13. The molecule has 0 aromatic rings. The van der Waals surface area contributed by atoms with E-state index in [-0.39, 0.29) is 18.5 Å². The highest BCUT2D eigenvalue weighted by atomic mass is 16.6. The van der Waals surface area contributed by atoms with Crippen molar-refractivity contribution in [2.45, 2.75) is 341 Å². The molecule has 0 unspecified atom stereocenters. The summed E-state index contributed by atoms with van der Waals surface area (Å²) in [5, 5.41) is 0. The van der Waals surface area contributed by atoms with Crippen molar-refractivity contribution in [1.82, 2.24) is 0 Å². The molecular formula is C58H114O5. The Bertz CT molecular complexity index is 875. The van der Waals surface area contributed by atoms with Gasteiger partial charge >= 0.3 is 11.9 Å². The summed E-state index contributed by atoms with van der Waals surface area (Å²) in [6.45, 7) is 7.92. The lowest BCUT2D eigenvalue weighted by Gasteiger charge is -2.18. The molecule has 5 heteroatoms. The van der Waals surface area contributed by atoms with Gasteiger partial charge in [-0.1, -0.05) is 303 Å². The third-order valence-corrected chi connectivity index (χ3v) is 13.4. The van der Waals surface area contributed by atoms with E-state index in [1.165, 1.54) is 270 Å². The van der Waals surface area contributed by atoms with Gasteiger partial charge in [-0.3, -0.25) is 9.59 Å². The van der Waals surface area contributed by atoms with Crippen molar-refractivity contribution in [2.24, 2.45) is 0 Å². The highest BCUT2D eigenvalue weighted by molar-refractivity contribution is 5.70. The van der Waals surface area contributed by atoms with Crippen molar-refractivity contribution < 1.29 is 23.8 Å². The largest absolute Gasteiger partial charge is 0.462 e. The lowest BCUT2D eigenvalue weighted by Crippen LogP contribution is -2.30. The first-order valence-electron chi connectivity index (χ1n) is 29.1. The Morgan fingerprint density at radius 3 is 0.810 bits per heavy atom. The average molecular weight is 892 g/mol. The lowest BCUT2D eigenvalue weighted by molar-refractivity contribution is -0.163. The third kappa shape index (κ3) is 53.4. The number of esters is 2. The molecule has 0 rings (SSSR count). The Hall–Kier alpha value is -1.10. The fourth-order valence-corrected chi connectivity index (χ4v) is 9.04. The van der Waals surface area contributed by atoms with Crippen LogP contribution in [-0.2, 0) is 23.8 Å². The van der Waals surface area contributed by atoms with Crippen LogP contribution >= 0.6 is 0 Å². The molecule has 0 spiro atoms. The molecule has 0 aromatic heterocycles. The van der Waals surface area contributed by atoms with Crippen molar-refractivity contribution in [3.8, 4) is 0 Å². The number of carbonyl (C=O) groups excluding carboxylic acids is 2. The van der Waals surface area contributed by atoms with Crippen molar-refractivity contribution in [3.05, 3.63) is 0 Å². The van der Waals surface area contributed by atoms with E-state index in [0.29, 0.717) is 26.1 Å². The summed E-state index contributed by atoms with van der Waals surface area (Å²) < 4.78 is 17.5. The monoisotopic (exact) mass is 891 g/mol. The maximum absolute atomic E-state index is 12.8. The molecule has 0 saturated carbocycles. The van der Waals surface area contributed by atoms with Crippen LogP contribution in [-0.4, -0.2) is 37.9 Å². The van der Waals surface area contributed by atoms with E-state index >= 15 is 0 Å². The van der Waals surface area contributed by atoms with E-state index in [1.54, 1.807) is 0 Å². The summed E-state index contributed by atoms with van der Waals surface area (Å²) in [5.41, 5.74) is 0. The minimum absolute atomic E-state index is 0.0983. The molecule has 0 radical (unpaired) electrons. The molecule has 0 amide bonds. The molecule has 376 valence electrons. The van der Waals surface area contributed by atoms with E-state index in [1.807, 2.05) is 0 Å². The molecular weight excluding hydrogens is 777 g/mol. The molecule has 0 aliphatic rings. The Kier molecular flexibility index (Phi) is 54.3. The summed E-state index contributed by atoms with van der Waals surface area (Å²) in [6, 6.07) is 0. The van der Waals surface area contributed by atoms with Gasteiger partial charge in [-0.15, -0.1) is 0 Å². The predicted octanol–water partition coefficient (Wildman–Crippen LogP) is 19.6. The molecule has 0 aromatic carbocycles. The lowest BCUT2D eigenvalue weighted by atomic mass is 10.0. The van der Waals surface area contributed by atoms with Crippen LogP contribution in [0.15, 0.2) is 0 Å². The SMILES string of the molecule is CCCCCCCCCCCCCCCCCCCCCC(=O)OC[C@@H](COCCCCCCCCCCCCCCCCCC)OC(=O)CCCCCCCCCCCCCC. The molecule has 63 heavy (non-hydrogen) atoms. The number of hydrogen-bond donors (Lipinski definition) is 0. The standard InChI is InChI=1S/C58H114O5/c1-4-7-10-13-16-19-22-25-27-29-30-31-32-34-37-39-42-45-48-51-57(59)62-55-56(63-58(60)52-49-46-43-40-36-24-21-18-15-12-9-6-3)54-61-53-50-47-44-41-38-35-33-28-26-23-20-17-14-11-8-5-2/h56H,4-55H2,1-3H3/t56-/m1/s1. The van der Waals surface area contributed by atoms with Gasteiger partial charge in [0, 0.05) is 19.4 Å². The minimum Gasteiger partial charge on any atom is -0.462 e. The summed E-state index contributed by atoms with van der Waals surface area (Å²) in [4.78, 5) is 25.5. The maximum Gasteiger partial charge on any atom is 0.306 e. The predicted molar refractivity (Wildman–Crippen MR) is 275 cm³/mol. The van der Waals surface area contributed by atoms with Crippen LogP contribution in [0.4, 0.5) is 0 Å². The number of hydrogen-bond acceptors (Lipinski definition) is 5. The highest BCUT2D eigenvalue weighted by Gasteiger charge is 2.17. The zero-order valence-corrected chi connectivity index (χ0v) is 43.4. The molecule has 0 N–H and O–H groups in total. The first-order valence-corrected chi connectivity index (χ1v) is 29.1. The molecule has 0 aliphatic carbocycles. The topological polar surface area (TPSA) is 61.8 Å². The second-order valence-electron chi connectivity index (χ2n) is 19.9. The number of ether oxygens (including phenoxy) is 3.